The Bertz CT molecular complexity index is 1100. The molecule has 12 heteroatoms. The third kappa shape index (κ3) is 9.25. The SMILES string of the molecule is C[C@@H]1NC(=NCC(=O)N[C@@H](Cc2ccccc2)C(=O)N[C@H](CCCN)C(=O)O)[C@H]2CCCN2[C@@H]1C(=O)NC(C)(C)C. The van der Waals surface area contributed by atoms with Crippen molar-refractivity contribution >= 4 is 29.5 Å². The minimum Gasteiger partial charge on any atom is -0.480 e. The fourth-order valence-corrected chi connectivity index (χ4v) is 5.39. The summed E-state index contributed by atoms with van der Waals surface area (Å²) in [4.78, 5) is 57.7. The Morgan fingerprint density at radius 1 is 1.15 bits per heavy atom. The number of hydrogen-bond acceptors (Lipinski definition) is 7. The smallest absolute Gasteiger partial charge is 0.326 e. The molecule has 12 nitrogen and oxygen atoms in total. The molecule has 0 unspecified atom stereocenters. The molecule has 0 aliphatic carbocycles. The standard InChI is InChI=1S/C29H45N7O5/c1-18-24(27(39)35-29(2,3)4)36-15-9-13-22(36)25(32-18)31-17-23(37)33-21(16-19-10-6-5-7-11-19)26(38)34-20(28(40)41)12-8-14-30/h5-7,10-11,18,20-22,24H,8-9,12-17,30H2,1-4H3,(H,31,32)(H,33,37)(H,34,38)(H,35,39)(H,40,41)/t18-,20+,21-,22+,24-/m0/s1. The summed E-state index contributed by atoms with van der Waals surface area (Å²) >= 11 is 0. The number of nitrogens with zero attached hydrogens (tertiary/aromatic N) is 2. The highest BCUT2D eigenvalue weighted by molar-refractivity contribution is 5.95. The number of carbonyl (C=O) groups is 4. The maximum absolute atomic E-state index is 13.1. The van der Waals surface area contributed by atoms with E-state index in [0.29, 0.717) is 18.8 Å². The van der Waals surface area contributed by atoms with E-state index in [9.17, 15) is 24.3 Å². The van der Waals surface area contributed by atoms with Gasteiger partial charge in [0.1, 0.15) is 30.5 Å². The number of nitrogens with two attached hydrogens (primary N) is 1. The van der Waals surface area contributed by atoms with Crippen LogP contribution in [0.1, 0.15) is 58.9 Å². The van der Waals surface area contributed by atoms with E-state index in [-0.39, 0.29) is 49.0 Å². The lowest BCUT2D eigenvalue weighted by Gasteiger charge is -2.43. The van der Waals surface area contributed by atoms with E-state index in [2.05, 4.69) is 31.2 Å². The van der Waals surface area contributed by atoms with Gasteiger partial charge in [0.2, 0.25) is 17.7 Å². The van der Waals surface area contributed by atoms with Gasteiger partial charge in [-0.05, 0) is 72.0 Å². The first-order chi connectivity index (χ1) is 19.4. The molecule has 2 aliphatic rings. The summed E-state index contributed by atoms with van der Waals surface area (Å²) in [5.41, 5.74) is 5.98. The molecule has 0 bridgehead atoms. The summed E-state index contributed by atoms with van der Waals surface area (Å²) in [5.74, 6) is -1.59. The predicted octanol–water partition coefficient (Wildman–Crippen LogP) is 0.160. The first kappa shape index (κ1) is 32.0. The van der Waals surface area contributed by atoms with Crippen LogP contribution in [-0.2, 0) is 25.6 Å². The molecule has 226 valence electrons. The molecule has 7 N–H and O–H groups in total. The maximum atomic E-state index is 13.1. The van der Waals surface area contributed by atoms with E-state index < -0.39 is 29.9 Å². The number of carbonyl (C=O) groups excluding carboxylic acids is 3. The van der Waals surface area contributed by atoms with Crippen LogP contribution < -0.4 is 27.0 Å². The summed E-state index contributed by atoms with van der Waals surface area (Å²) in [6.07, 6.45) is 2.55. The van der Waals surface area contributed by atoms with E-state index >= 15 is 0 Å². The van der Waals surface area contributed by atoms with Gasteiger partial charge in [0, 0.05) is 18.0 Å². The number of amidine groups is 1. The van der Waals surface area contributed by atoms with Crippen LogP contribution in [0.5, 0.6) is 0 Å². The number of hydrogen-bond donors (Lipinski definition) is 6. The van der Waals surface area contributed by atoms with Crippen LogP contribution in [-0.4, -0.2) is 94.9 Å². The van der Waals surface area contributed by atoms with Crippen molar-refractivity contribution in [2.75, 3.05) is 19.6 Å². The quantitative estimate of drug-likeness (QED) is 0.205. The molecule has 2 heterocycles. The zero-order valence-corrected chi connectivity index (χ0v) is 24.5. The molecule has 1 aromatic carbocycles. The van der Waals surface area contributed by atoms with Crippen molar-refractivity contribution in [1.29, 1.82) is 0 Å². The highest BCUT2D eigenvalue weighted by Crippen LogP contribution is 2.27. The Morgan fingerprint density at radius 2 is 1.85 bits per heavy atom. The van der Waals surface area contributed by atoms with Gasteiger partial charge in [0.15, 0.2) is 0 Å². The van der Waals surface area contributed by atoms with Crippen LogP contribution in [0.25, 0.3) is 0 Å². The Hall–Kier alpha value is -3.51. The normalized spacial score (nSPS) is 23.1. The van der Waals surface area contributed by atoms with Crippen molar-refractivity contribution in [1.82, 2.24) is 26.2 Å². The summed E-state index contributed by atoms with van der Waals surface area (Å²) in [6.45, 7) is 8.63. The number of fused-ring (bicyclic) bond motifs is 1. The lowest BCUT2D eigenvalue weighted by atomic mass is 9.98. The second kappa shape index (κ2) is 14.4. The molecule has 0 spiro atoms. The summed E-state index contributed by atoms with van der Waals surface area (Å²) < 4.78 is 0. The number of nitrogens with one attached hydrogen (secondary N) is 4. The number of carboxylic acid groups (broad SMARTS) is 1. The van der Waals surface area contributed by atoms with Crippen LogP contribution in [0.4, 0.5) is 0 Å². The number of rotatable bonds is 12. The van der Waals surface area contributed by atoms with Gasteiger partial charge in [-0.3, -0.25) is 24.3 Å². The molecule has 3 rings (SSSR count). The zero-order valence-electron chi connectivity index (χ0n) is 24.5. The van der Waals surface area contributed by atoms with Gasteiger partial charge < -0.3 is 32.1 Å². The van der Waals surface area contributed by atoms with E-state index in [0.717, 1.165) is 24.9 Å². The van der Waals surface area contributed by atoms with Crippen molar-refractivity contribution in [3.63, 3.8) is 0 Å². The molecular weight excluding hydrogens is 526 g/mol. The van der Waals surface area contributed by atoms with Gasteiger partial charge in [-0.2, -0.15) is 0 Å². The largest absolute Gasteiger partial charge is 0.480 e. The molecule has 41 heavy (non-hydrogen) atoms. The second-order valence-electron chi connectivity index (χ2n) is 11.9. The molecule has 5 atom stereocenters. The molecule has 2 saturated heterocycles. The molecular formula is C29H45N7O5. The van der Waals surface area contributed by atoms with Crippen LogP contribution in [0.15, 0.2) is 35.3 Å². The first-order valence-electron chi connectivity index (χ1n) is 14.3. The van der Waals surface area contributed by atoms with E-state index in [4.69, 9.17) is 5.73 Å². The van der Waals surface area contributed by atoms with Crippen LogP contribution in [0.2, 0.25) is 0 Å². The lowest BCUT2D eigenvalue weighted by molar-refractivity contribution is -0.142. The first-order valence-corrected chi connectivity index (χ1v) is 14.3. The molecule has 3 amide bonds. The lowest BCUT2D eigenvalue weighted by Crippen LogP contribution is -2.67. The summed E-state index contributed by atoms with van der Waals surface area (Å²) in [7, 11) is 0. The highest BCUT2D eigenvalue weighted by atomic mass is 16.4. The Kier molecular flexibility index (Phi) is 11.2. The third-order valence-electron chi connectivity index (χ3n) is 7.22. The van der Waals surface area contributed by atoms with Gasteiger partial charge >= 0.3 is 5.97 Å². The summed E-state index contributed by atoms with van der Waals surface area (Å²) in [5, 5.41) is 21.3. The average Bonchev–Trinajstić information content (AvgIpc) is 3.38. The van der Waals surface area contributed by atoms with Crippen LogP contribution in [0.3, 0.4) is 0 Å². The van der Waals surface area contributed by atoms with E-state index in [1.165, 1.54) is 0 Å². The fourth-order valence-electron chi connectivity index (χ4n) is 5.39. The molecule has 0 aromatic heterocycles. The van der Waals surface area contributed by atoms with Gasteiger partial charge in [0.25, 0.3) is 0 Å². The van der Waals surface area contributed by atoms with Crippen molar-refractivity contribution < 1.29 is 24.3 Å². The number of aliphatic carboxylic acids is 1. The van der Waals surface area contributed by atoms with Crippen molar-refractivity contribution in [3.05, 3.63) is 35.9 Å². The van der Waals surface area contributed by atoms with Crippen molar-refractivity contribution in [3.8, 4) is 0 Å². The molecule has 0 saturated carbocycles. The Morgan fingerprint density at radius 3 is 2.49 bits per heavy atom. The molecule has 0 radical (unpaired) electrons. The highest BCUT2D eigenvalue weighted by Gasteiger charge is 2.45. The van der Waals surface area contributed by atoms with Crippen LogP contribution >= 0.6 is 0 Å². The van der Waals surface area contributed by atoms with E-state index in [1.807, 2.05) is 58.0 Å². The number of aliphatic imine (C=N–C) groups is 1. The van der Waals surface area contributed by atoms with Gasteiger partial charge in [-0.15, -0.1) is 0 Å². The maximum Gasteiger partial charge on any atom is 0.326 e. The predicted molar refractivity (Wildman–Crippen MR) is 156 cm³/mol. The van der Waals surface area contributed by atoms with Crippen molar-refractivity contribution in [2.45, 2.75) is 95.5 Å². The number of carboxylic acids is 1. The van der Waals surface area contributed by atoms with Gasteiger partial charge in [-0.25, -0.2) is 4.79 Å². The second-order valence-corrected chi connectivity index (χ2v) is 11.9. The fraction of sp³-hybridized carbons (Fsp3) is 0.621. The minimum absolute atomic E-state index is 0.0397. The van der Waals surface area contributed by atoms with E-state index in [1.54, 1.807) is 0 Å². The third-order valence-corrected chi connectivity index (χ3v) is 7.22. The topological polar surface area (TPSA) is 178 Å². The van der Waals surface area contributed by atoms with Gasteiger partial charge in [-0.1, -0.05) is 30.3 Å². The minimum atomic E-state index is -1.16. The van der Waals surface area contributed by atoms with Crippen molar-refractivity contribution in [2.24, 2.45) is 10.7 Å². The Balaban J connectivity index is 1.70. The number of benzene rings is 1. The molecule has 1 aromatic rings. The number of piperazine rings is 1. The zero-order chi connectivity index (χ0) is 30.2. The Labute approximate surface area is 241 Å². The molecule has 2 fully saturated rings. The van der Waals surface area contributed by atoms with Crippen LogP contribution in [0, 0.1) is 0 Å². The number of amides is 3. The van der Waals surface area contributed by atoms with Gasteiger partial charge in [0.05, 0.1) is 6.04 Å². The molecule has 2 aliphatic heterocycles. The monoisotopic (exact) mass is 571 g/mol. The summed E-state index contributed by atoms with van der Waals surface area (Å²) in [6, 6.07) is 6.42. The average molecular weight is 572 g/mol.